The second kappa shape index (κ2) is 5.30. The molecule has 2 rings (SSSR count). The van der Waals surface area contributed by atoms with Gasteiger partial charge in [-0.2, -0.15) is 0 Å². The first-order chi connectivity index (χ1) is 8.16. The smallest absolute Gasteiger partial charge is 0.138 e. The molecule has 88 valence electrons. The molecule has 0 atom stereocenters. The lowest BCUT2D eigenvalue weighted by molar-refractivity contribution is 0.307. The molecule has 2 aromatic carbocycles. The topological polar surface area (TPSA) is 35.2 Å². The molecule has 0 aliphatic carbocycles. The van der Waals surface area contributed by atoms with E-state index in [0.717, 1.165) is 5.56 Å². The molecule has 0 aliphatic rings. The van der Waals surface area contributed by atoms with Crippen molar-refractivity contribution in [2.45, 2.75) is 6.61 Å². The number of rotatable bonds is 3. The highest BCUT2D eigenvalue weighted by molar-refractivity contribution is 6.32. The van der Waals surface area contributed by atoms with Gasteiger partial charge in [-0.05, 0) is 24.3 Å². The third kappa shape index (κ3) is 3.05. The summed E-state index contributed by atoms with van der Waals surface area (Å²) in [6, 6.07) is 12.6. The summed E-state index contributed by atoms with van der Waals surface area (Å²) in [4.78, 5) is 0. The quantitative estimate of drug-likeness (QED) is 0.848. The van der Waals surface area contributed by atoms with Crippen LogP contribution in [0.3, 0.4) is 0 Å². The number of para-hydroxylation sites is 1. The largest absolute Gasteiger partial charge is 0.487 e. The molecular formula is C13H11Cl2NO. The summed E-state index contributed by atoms with van der Waals surface area (Å²) in [6.07, 6.45) is 0. The van der Waals surface area contributed by atoms with Crippen LogP contribution in [0.1, 0.15) is 5.56 Å². The summed E-state index contributed by atoms with van der Waals surface area (Å²) in [5, 5.41) is 1.20. The monoisotopic (exact) mass is 267 g/mol. The van der Waals surface area contributed by atoms with E-state index in [9.17, 15) is 0 Å². The Bertz CT molecular complexity index is 529. The molecule has 2 aromatic rings. The lowest BCUT2D eigenvalue weighted by atomic mass is 10.2. The molecule has 0 saturated heterocycles. The zero-order valence-electron chi connectivity index (χ0n) is 8.99. The van der Waals surface area contributed by atoms with E-state index in [1.165, 1.54) is 0 Å². The molecule has 4 heteroatoms. The standard InChI is InChI=1S/C13H11Cl2NO/c14-10-6-5-9(12(16)7-10)8-17-13-4-2-1-3-11(13)15/h1-7H,8,16H2. The van der Waals surface area contributed by atoms with E-state index >= 15 is 0 Å². The van der Waals surface area contributed by atoms with Gasteiger partial charge in [0.1, 0.15) is 12.4 Å². The zero-order valence-corrected chi connectivity index (χ0v) is 10.5. The average Bonchev–Trinajstić information content (AvgIpc) is 2.30. The highest BCUT2D eigenvalue weighted by Crippen LogP contribution is 2.25. The second-order valence-electron chi connectivity index (χ2n) is 3.56. The lowest BCUT2D eigenvalue weighted by Crippen LogP contribution is -2.00. The van der Waals surface area contributed by atoms with Gasteiger partial charge in [-0.1, -0.05) is 41.4 Å². The van der Waals surface area contributed by atoms with Crippen LogP contribution in [-0.2, 0) is 6.61 Å². The van der Waals surface area contributed by atoms with Gasteiger partial charge < -0.3 is 10.5 Å². The van der Waals surface area contributed by atoms with Crippen LogP contribution in [-0.4, -0.2) is 0 Å². The van der Waals surface area contributed by atoms with Crippen molar-refractivity contribution in [3.63, 3.8) is 0 Å². The maximum Gasteiger partial charge on any atom is 0.138 e. The predicted octanol–water partition coefficient (Wildman–Crippen LogP) is 4.15. The Labute approximate surface area is 110 Å². The van der Waals surface area contributed by atoms with Gasteiger partial charge in [-0.25, -0.2) is 0 Å². The van der Waals surface area contributed by atoms with Crippen LogP contribution < -0.4 is 10.5 Å². The maximum atomic E-state index is 5.98. The van der Waals surface area contributed by atoms with Gasteiger partial charge in [0, 0.05) is 16.3 Å². The van der Waals surface area contributed by atoms with Gasteiger partial charge in [-0.3, -0.25) is 0 Å². The number of hydrogen-bond donors (Lipinski definition) is 1. The Morgan fingerprint density at radius 1 is 1.06 bits per heavy atom. The Morgan fingerprint density at radius 3 is 2.53 bits per heavy atom. The molecule has 17 heavy (non-hydrogen) atoms. The summed E-state index contributed by atoms with van der Waals surface area (Å²) in [6.45, 7) is 0.368. The van der Waals surface area contributed by atoms with Gasteiger partial charge in [0.25, 0.3) is 0 Å². The zero-order chi connectivity index (χ0) is 12.3. The summed E-state index contributed by atoms with van der Waals surface area (Å²) >= 11 is 11.8. The number of benzene rings is 2. The third-order valence-corrected chi connectivity index (χ3v) is 2.88. The maximum absolute atomic E-state index is 5.98. The van der Waals surface area contributed by atoms with E-state index in [1.807, 2.05) is 24.3 Å². The SMILES string of the molecule is Nc1cc(Cl)ccc1COc1ccccc1Cl. The first-order valence-corrected chi connectivity index (χ1v) is 5.83. The molecule has 0 radical (unpaired) electrons. The molecule has 0 aromatic heterocycles. The summed E-state index contributed by atoms with van der Waals surface area (Å²) in [7, 11) is 0. The van der Waals surface area contributed by atoms with Crippen molar-refractivity contribution in [3.05, 3.63) is 58.1 Å². The fraction of sp³-hybridized carbons (Fsp3) is 0.0769. The Kier molecular flexibility index (Phi) is 3.77. The molecule has 2 nitrogen and oxygen atoms in total. The normalized spacial score (nSPS) is 10.2. The van der Waals surface area contributed by atoms with Crippen molar-refractivity contribution < 1.29 is 4.74 Å². The number of nitrogens with two attached hydrogens (primary N) is 1. The van der Waals surface area contributed by atoms with Crippen LogP contribution in [0.2, 0.25) is 10.0 Å². The first-order valence-electron chi connectivity index (χ1n) is 5.08. The van der Waals surface area contributed by atoms with Crippen LogP contribution in [0.25, 0.3) is 0 Å². The molecule has 0 bridgehead atoms. The first kappa shape index (κ1) is 12.1. The van der Waals surface area contributed by atoms with Gasteiger partial charge in [-0.15, -0.1) is 0 Å². The fourth-order valence-electron chi connectivity index (χ4n) is 1.41. The minimum absolute atomic E-state index is 0.368. The molecule has 0 saturated carbocycles. The number of ether oxygens (including phenoxy) is 1. The molecule has 0 aliphatic heterocycles. The molecular weight excluding hydrogens is 257 g/mol. The van der Waals surface area contributed by atoms with E-state index in [-0.39, 0.29) is 0 Å². The van der Waals surface area contributed by atoms with Crippen molar-refractivity contribution in [1.29, 1.82) is 0 Å². The van der Waals surface area contributed by atoms with Crippen molar-refractivity contribution in [3.8, 4) is 5.75 Å². The highest BCUT2D eigenvalue weighted by atomic mass is 35.5. The van der Waals surface area contributed by atoms with Gasteiger partial charge >= 0.3 is 0 Å². The van der Waals surface area contributed by atoms with Gasteiger partial charge in [0.15, 0.2) is 0 Å². The Balaban J connectivity index is 2.10. The predicted molar refractivity (Wildman–Crippen MR) is 71.6 cm³/mol. The van der Waals surface area contributed by atoms with Crippen LogP contribution in [0, 0.1) is 0 Å². The molecule has 0 spiro atoms. The second-order valence-corrected chi connectivity index (χ2v) is 4.41. The minimum Gasteiger partial charge on any atom is -0.487 e. The summed E-state index contributed by atoms with van der Waals surface area (Å²) in [5.74, 6) is 0.642. The van der Waals surface area contributed by atoms with E-state index < -0.39 is 0 Å². The van der Waals surface area contributed by atoms with E-state index in [1.54, 1.807) is 18.2 Å². The van der Waals surface area contributed by atoms with Crippen molar-refractivity contribution in [2.24, 2.45) is 0 Å². The number of anilines is 1. The lowest BCUT2D eigenvalue weighted by Gasteiger charge is -2.09. The molecule has 2 N–H and O–H groups in total. The Morgan fingerprint density at radius 2 is 1.82 bits per heavy atom. The van der Waals surface area contributed by atoms with Gasteiger partial charge in [0.2, 0.25) is 0 Å². The molecule has 0 amide bonds. The van der Waals surface area contributed by atoms with Crippen LogP contribution >= 0.6 is 23.2 Å². The van der Waals surface area contributed by atoms with Gasteiger partial charge in [0.05, 0.1) is 5.02 Å². The minimum atomic E-state index is 0.368. The van der Waals surface area contributed by atoms with Crippen molar-refractivity contribution in [1.82, 2.24) is 0 Å². The summed E-state index contributed by atoms with van der Waals surface area (Å²) in [5.41, 5.74) is 7.33. The number of nitrogen functional groups attached to an aromatic ring is 1. The molecule has 0 heterocycles. The molecule has 0 unspecified atom stereocenters. The number of hydrogen-bond acceptors (Lipinski definition) is 2. The van der Waals surface area contributed by atoms with Crippen LogP contribution in [0.15, 0.2) is 42.5 Å². The van der Waals surface area contributed by atoms with E-state index in [2.05, 4.69) is 0 Å². The number of halogens is 2. The van der Waals surface area contributed by atoms with E-state index in [0.29, 0.717) is 28.1 Å². The van der Waals surface area contributed by atoms with E-state index in [4.69, 9.17) is 33.7 Å². The Hall–Kier alpha value is -1.38. The average molecular weight is 268 g/mol. The highest BCUT2D eigenvalue weighted by Gasteiger charge is 2.03. The van der Waals surface area contributed by atoms with Crippen molar-refractivity contribution in [2.75, 3.05) is 5.73 Å². The fourth-order valence-corrected chi connectivity index (χ4v) is 1.79. The third-order valence-electron chi connectivity index (χ3n) is 2.33. The van der Waals surface area contributed by atoms with Crippen LogP contribution in [0.5, 0.6) is 5.75 Å². The summed E-state index contributed by atoms with van der Waals surface area (Å²) < 4.78 is 5.59. The molecule has 0 fully saturated rings. The van der Waals surface area contributed by atoms with Crippen LogP contribution in [0.4, 0.5) is 5.69 Å². The van der Waals surface area contributed by atoms with Crippen molar-refractivity contribution >= 4 is 28.9 Å².